The van der Waals surface area contributed by atoms with Crippen molar-refractivity contribution >= 4 is 23.8 Å². The summed E-state index contributed by atoms with van der Waals surface area (Å²) in [5, 5.41) is 18.3. The van der Waals surface area contributed by atoms with Gasteiger partial charge >= 0.3 is 12.1 Å². The largest absolute Gasteiger partial charge is 0.481 e. The van der Waals surface area contributed by atoms with Crippen molar-refractivity contribution in [3.8, 4) is 11.1 Å². The highest BCUT2D eigenvalue weighted by molar-refractivity contribution is 6.01. The molecular formula is C26H28N4O5. The van der Waals surface area contributed by atoms with Gasteiger partial charge in [0.1, 0.15) is 12.2 Å². The normalized spacial score (nSPS) is 13.0. The lowest BCUT2D eigenvalue weighted by molar-refractivity contribution is -0.137. The molecule has 3 N–H and O–H groups in total. The van der Waals surface area contributed by atoms with Gasteiger partial charge in [-0.3, -0.25) is 19.6 Å². The summed E-state index contributed by atoms with van der Waals surface area (Å²) < 4.78 is 6.99. The number of hydrogen-bond acceptors (Lipinski definition) is 5. The van der Waals surface area contributed by atoms with E-state index in [-0.39, 0.29) is 36.2 Å². The van der Waals surface area contributed by atoms with Crippen LogP contribution in [0.15, 0.2) is 54.7 Å². The second-order valence-electron chi connectivity index (χ2n) is 8.76. The van der Waals surface area contributed by atoms with Crippen molar-refractivity contribution < 1.29 is 24.2 Å². The monoisotopic (exact) mass is 476 g/mol. The van der Waals surface area contributed by atoms with Crippen LogP contribution in [0.4, 0.5) is 10.6 Å². The number of fused-ring (bicyclic) bond motifs is 3. The number of aromatic nitrogens is 2. The minimum absolute atomic E-state index is 0.00902. The lowest BCUT2D eigenvalue weighted by Gasteiger charge is -2.14. The van der Waals surface area contributed by atoms with Gasteiger partial charge in [-0.15, -0.1) is 0 Å². The maximum Gasteiger partial charge on any atom is 0.412 e. The smallest absolute Gasteiger partial charge is 0.412 e. The third-order valence-corrected chi connectivity index (χ3v) is 6.10. The Labute approximate surface area is 203 Å². The second-order valence-corrected chi connectivity index (χ2v) is 8.76. The third kappa shape index (κ3) is 5.51. The molecule has 1 unspecified atom stereocenters. The van der Waals surface area contributed by atoms with Gasteiger partial charge in [0.25, 0.3) is 5.91 Å². The van der Waals surface area contributed by atoms with E-state index in [1.54, 1.807) is 7.05 Å². The zero-order chi connectivity index (χ0) is 24.9. The third-order valence-electron chi connectivity index (χ3n) is 6.10. The average Bonchev–Trinajstić information content (AvgIpc) is 3.37. The van der Waals surface area contributed by atoms with E-state index in [1.165, 1.54) is 10.9 Å². The molecule has 1 aliphatic rings. The lowest BCUT2D eigenvalue weighted by atomic mass is 9.98. The van der Waals surface area contributed by atoms with Crippen LogP contribution < -0.4 is 10.6 Å². The van der Waals surface area contributed by atoms with Crippen molar-refractivity contribution in [2.75, 3.05) is 18.5 Å². The molecule has 1 aromatic heterocycles. The molecule has 0 saturated heterocycles. The van der Waals surface area contributed by atoms with Crippen LogP contribution in [0.3, 0.4) is 0 Å². The number of carbonyl (C=O) groups excluding carboxylic acids is 2. The molecule has 0 fully saturated rings. The number of benzene rings is 2. The van der Waals surface area contributed by atoms with Crippen LogP contribution in [0.1, 0.15) is 47.2 Å². The summed E-state index contributed by atoms with van der Waals surface area (Å²) >= 11 is 0. The lowest BCUT2D eigenvalue weighted by Crippen LogP contribution is -2.29. The minimum atomic E-state index is -0.870. The Morgan fingerprint density at radius 1 is 1.09 bits per heavy atom. The Bertz CT molecular complexity index is 1210. The number of carbonyl (C=O) groups is 3. The van der Waals surface area contributed by atoms with Crippen molar-refractivity contribution in [2.24, 2.45) is 13.0 Å². The van der Waals surface area contributed by atoms with Crippen LogP contribution in [-0.4, -0.2) is 46.0 Å². The van der Waals surface area contributed by atoms with Gasteiger partial charge in [0.05, 0.1) is 0 Å². The number of ether oxygens (including phenoxy) is 1. The first kappa shape index (κ1) is 24.0. The molecule has 0 bridgehead atoms. The van der Waals surface area contributed by atoms with Crippen LogP contribution in [0.25, 0.3) is 11.1 Å². The molecule has 1 heterocycles. The number of amides is 2. The molecule has 1 aliphatic carbocycles. The van der Waals surface area contributed by atoms with Gasteiger partial charge in [0.15, 0.2) is 5.82 Å². The van der Waals surface area contributed by atoms with Crippen molar-refractivity contribution in [3.05, 3.63) is 71.4 Å². The maximum absolute atomic E-state index is 12.7. The number of anilines is 1. The standard InChI is InChI=1S/C26H28N4O5/c1-16(11-12-23(31)32)13-27-25(33)21-14-30(2)29-24(21)28-26(34)35-15-22-19-9-5-3-7-17(19)18-8-4-6-10-20(18)22/h3-10,14,16,22H,11-13,15H2,1-2H3,(H,27,33)(H,31,32)(H,28,29,34). The van der Waals surface area contributed by atoms with Gasteiger partial charge in [0, 0.05) is 32.1 Å². The molecule has 182 valence electrons. The Kier molecular flexibility index (Phi) is 7.14. The van der Waals surface area contributed by atoms with E-state index < -0.39 is 18.0 Å². The van der Waals surface area contributed by atoms with Gasteiger partial charge in [-0.2, -0.15) is 5.10 Å². The van der Waals surface area contributed by atoms with Gasteiger partial charge < -0.3 is 15.2 Å². The molecule has 2 aromatic carbocycles. The van der Waals surface area contributed by atoms with Gasteiger partial charge in [-0.1, -0.05) is 55.5 Å². The van der Waals surface area contributed by atoms with E-state index >= 15 is 0 Å². The van der Waals surface area contributed by atoms with Gasteiger partial charge in [-0.25, -0.2) is 4.79 Å². The summed E-state index contributed by atoms with van der Waals surface area (Å²) in [5.41, 5.74) is 4.69. The van der Waals surface area contributed by atoms with Crippen LogP contribution in [0.2, 0.25) is 0 Å². The quantitative estimate of drug-likeness (QED) is 0.429. The topological polar surface area (TPSA) is 123 Å². The summed E-state index contributed by atoms with van der Waals surface area (Å²) in [6.45, 7) is 2.32. The van der Waals surface area contributed by atoms with Crippen LogP contribution in [-0.2, 0) is 16.6 Å². The summed E-state index contributed by atoms with van der Waals surface area (Å²) in [5.74, 6) is -1.27. The Morgan fingerprint density at radius 2 is 1.71 bits per heavy atom. The van der Waals surface area contributed by atoms with Crippen LogP contribution >= 0.6 is 0 Å². The molecule has 0 radical (unpaired) electrons. The number of nitrogens with one attached hydrogen (secondary N) is 2. The average molecular weight is 477 g/mol. The number of nitrogens with zero attached hydrogens (tertiary/aromatic N) is 2. The number of rotatable bonds is 9. The molecular weight excluding hydrogens is 448 g/mol. The van der Waals surface area contributed by atoms with Crippen LogP contribution in [0, 0.1) is 5.92 Å². The molecule has 3 aromatic rings. The minimum Gasteiger partial charge on any atom is -0.481 e. The summed E-state index contributed by atoms with van der Waals surface area (Å²) in [4.78, 5) is 36.0. The number of aliphatic carboxylic acids is 1. The van der Waals surface area contributed by atoms with Crippen molar-refractivity contribution in [3.63, 3.8) is 0 Å². The van der Waals surface area contributed by atoms with Crippen molar-refractivity contribution in [2.45, 2.75) is 25.7 Å². The van der Waals surface area contributed by atoms with Gasteiger partial charge in [0.2, 0.25) is 0 Å². The first-order valence-electron chi connectivity index (χ1n) is 11.5. The SMILES string of the molecule is CC(CCC(=O)O)CNC(=O)c1cn(C)nc1NC(=O)OCC1c2ccccc2-c2ccccc21. The molecule has 35 heavy (non-hydrogen) atoms. The Balaban J connectivity index is 1.37. The molecule has 9 nitrogen and oxygen atoms in total. The molecule has 2 amide bonds. The van der Waals surface area contributed by atoms with E-state index in [0.717, 1.165) is 22.3 Å². The van der Waals surface area contributed by atoms with Crippen LogP contribution in [0.5, 0.6) is 0 Å². The molecule has 0 saturated carbocycles. The fourth-order valence-electron chi connectivity index (χ4n) is 4.31. The van der Waals surface area contributed by atoms with E-state index in [2.05, 4.69) is 27.9 Å². The number of hydrogen-bond donors (Lipinski definition) is 3. The zero-order valence-corrected chi connectivity index (χ0v) is 19.7. The number of aryl methyl sites for hydroxylation is 1. The fraction of sp³-hybridized carbons (Fsp3) is 0.308. The molecule has 0 spiro atoms. The van der Waals surface area contributed by atoms with E-state index in [4.69, 9.17) is 9.84 Å². The predicted molar refractivity (Wildman–Crippen MR) is 130 cm³/mol. The maximum atomic E-state index is 12.7. The zero-order valence-electron chi connectivity index (χ0n) is 19.7. The predicted octanol–water partition coefficient (Wildman–Crippen LogP) is 4.01. The Hall–Kier alpha value is -4.14. The van der Waals surface area contributed by atoms with Gasteiger partial charge in [-0.05, 0) is 34.6 Å². The summed E-state index contributed by atoms with van der Waals surface area (Å²) in [6.07, 6.45) is 1.30. The molecule has 9 heteroatoms. The number of carboxylic acids is 1. The highest BCUT2D eigenvalue weighted by atomic mass is 16.5. The summed E-state index contributed by atoms with van der Waals surface area (Å²) in [6, 6.07) is 16.1. The van der Waals surface area contributed by atoms with E-state index in [0.29, 0.717) is 13.0 Å². The molecule has 0 aliphatic heterocycles. The highest BCUT2D eigenvalue weighted by Crippen LogP contribution is 2.44. The Morgan fingerprint density at radius 3 is 2.34 bits per heavy atom. The fourth-order valence-corrected chi connectivity index (χ4v) is 4.31. The molecule has 1 atom stereocenters. The second kappa shape index (κ2) is 10.4. The highest BCUT2D eigenvalue weighted by Gasteiger charge is 2.29. The number of carboxylic acid groups (broad SMARTS) is 1. The van der Waals surface area contributed by atoms with Crippen molar-refractivity contribution in [1.29, 1.82) is 0 Å². The summed E-state index contributed by atoms with van der Waals surface area (Å²) in [7, 11) is 1.65. The van der Waals surface area contributed by atoms with E-state index in [9.17, 15) is 14.4 Å². The first-order chi connectivity index (χ1) is 16.8. The van der Waals surface area contributed by atoms with E-state index in [1.807, 2.05) is 43.3 Å². The first-order valence-corrected chi connectivity index (χ1v) is 11.5. The molecule has 4 rings (SSSR count). The van der Waals surface area contributed by atoms with Crippen molar-refractivity contribution in [1.82, 2.24) is 15.1 Å².